The Balaban J connectivity index is 1.38. The lowest BCUT2D eigenvalue weighted by Gasteiger charge is -2.23. The number of nitrogens with zero attached hydrogens (tertiary/aromatic N) is 2. The minimum Gasteiger partial charge on any atom is -0.379 e. The van der Waals surface area contributed by atoms with Crippen LogP contribution in [0.1, 0.15) is 23.3 Å². The number of carbonyl (C=O) groups is 1. The molecule has 4 rings (SSSR count). The normalized spacial score (nSPS) is 26.8. The molecular weight excluding hydrogens is 292 g/mol. The van der Waals surface area contributed by atoms with Gasteiger partial charge >= 0.3 is 0 Å². The summed E-state index contributed by atoms with van der Waals surface area (Å²) >= 11 is 0. The monoisotopic (exact) mass is 312 g/mol. The molecule has 120 valence electrons. The third-order valence-electron chi connectivity index (χ3n) is 4.67. The summed E-state index contributed by atoms with van der Waals surface area (Å²) in [5.74, 6) is 0.0548. The second-order valence-corrected chi connectivity index (χ2v) is 6.34. The van der Waals surface area contributed by atoms with Crippen LogP contribution in [0.25, 0.3) is 0 Å². The molecular formula is C17H20N4O2. The number of hydrogen-bond donors (Lipinski definition) is 2. The molecule has 2 aromatic heterocycles. The van der Waals surface area contributed by atoms with Gasteiger partial charge < -0.3 is 19.9 Å². The molecule has 0 bridgehead atoms. The first-order valence-corrected chi connectivity index (χ1v) is 7.97. The quantitative estimate of drug-likeness (QED) is 0.908. The van der Waals surface area contributed by atoms with E-state index in [1.54, 1.807) is 12.4 Å². The maximum Gasteiger partial charge on any atom is 0.270 e. The van der Waals surface area contributed by atoms with Crippen molar-refractivity contribution >= 4 is 11.6 Å². The zero-order valence-corrected chi connectivity index (χ0v) is 12.9. The average molecular weight is 312 g/mol. The van der Waals surface area contributed by atoms with Gasteiger partial charge in [0.1, 0.15) is 5.69 Å². The van der Waals surface area contributed by atoms with E-state index in [1.807, 2.05) is 35.4 Å². The molecule has 2 aliphatic heterocycles. The molecule has 0 saturated carbocycles. The molecule has 2 fully saturated rings. The van der Waals surface area contributed by atoms with Crippen molar-refractivity contribution in [3.63, 3.8) is 0 Å². The smallest absolute Gasteiger partial charge is 0.270 e. The van der Waals surface area contributed by atoms with Crippen molar-refractivity contribution in [1.82, 2.24) is 14.9 Å². The van der Waals surface area contributed by atoms with Crippen LogP contribution in [0.2, 0.25) is 0 Å². The second-order valence-electron chi connectivity index (χ2n) is 6.34. The van der Waals surface area contributed by atoms with Crippen molar-refractivity contribution in [1.29, 1.82) is 0 Å². The third kappa shape index (κ3) is 2.82. The van der Waals surface area contributed by atoms with E-state index < -0.39 is 0 Å². The highest BCUT2D eigenvalue weighted by Gasteiger charge is 2.46. The van der Waals surface area contributed by atoms with Gasteiger partial charge in [-0.05, 0) is 30.7 Å². The van der Waals surface area contributed by atoms with E-state index in [2.05, 4.69) is 15.3 Å². The highest BCUT2D eigenvalue weighted by molar-refractivity contribution is 5.92. The van der Waals surface area contributed by atoms with Crippen LogP contribution in [0, 0.1) is 0 Å². The van der Waals surface area contributed by atoms with Crippen LogP contribution in [-0.2, 0) is 4.74 Å². The van der Waals surface area contributed by atoms with E-state index in [0.717, 1.165) is 25.1 Å². The SMILES string of the molecule is O=C(c1ccc[nH]1)N1CC[C@]2(C[C@@H](Nc3cccnc3)CO2)C1. The zero-order chi connectivity index (χ0) is 15.7. The van der Waals surface area contributed by atoms with Gasteiger partial charge in [0.25, 0.3) is 5.91 Å². The Kier molecular flexibility index (Phi) is 3.53. The molecule has 2 atom stereocenters. The van der Waals surface area contributed by atoms with E-state index in [-0.39, 0.29) is 17.6 Å². The molecule has 23 heavy (non-hydrogen) atoms. The number of amides is 1. The van der Waals surface area contributed by atoms with E-state index in [9.17, 15) is 4.79 Å². The van der Waals surface area contributed by atoms with Crippen LogP contribution in [0.5, 0.6) is 0 Å². The Morgan fingerprint density at radius 2 is 2.39 bits per heavy atom. The van der Waals surface area contributed by atoms with Crippen molar-refractivity contribution < 1.29 is 9.53 Å². The predicted molar refractivity (Wildman–Crippen MR) is 86.3 cm³/mol. The minimum atomic E-state index is -0.206. The van der Waals surface area contributed by atoms with E-state index in [0.29, 0.717) is 18.8 Å². The maximum absolute atomic E-state index is 12.4. The number of aromatic nitrogens is 2. The number of anilines is 1. The van der Waals surface area contributed by atoms with Gasteiger partial charge in [0, 0.05) is 31.6 Å². The number of H-pyrrole nitrogens is 1. The van der Waals surface area contributed by atoms with Crippen LogP contribution in [0.15, 0.2) is 42.9 Å². The Hall–Kier alpha value is -2.34. The first kappa shape index (κ1) is 14.3. The number of rotatable bonds is 3. The number of hydrogen-bond acceptors (Lipinski definition) is 4. The van der Waals surface area contributed by atoms with Gasteiger partial charge in [-0.3, -0.25) is 9.78 Å². The Labute approximate surface area is 134 Å². The van der Waals surface area contributed by atoms with Gasteiger partial charge in [-0.25, -0.2) is 0 Å². The van der Waals surface area contributed by atoms with Crippen molar-refractivity contribution in [3.05, 3.63) is 48.5 Å². The summed E-state index contributed by atoms with van der Waals surface area (Å²) in [4.78, 5) is 21.4. The van der Waals surface area contributed by atoms with Crippen molar-refractivity contribution in [2.24, 2.45) is 0 Å². The van der Waals surface area contributed by atoms with Crippen LogP contribution in [0.4, 0.5) is 5.69 Å². The molecule has 0 aromatic carbocycles. The molecule has 2 aromatic rings. The van der Waals surface area contributed by atoms with Crippen molar-refractivity contribution in [2.75, 3.05) is 25.0 Å². The molecule has 2 aliphatic rings. The van der Waals surface area contributed by atoms with Gasteiger partial charge in [-0.15, -0.1) is 0 Å². The Morgan fingerprint density at radius 1 is 1.43 bits per heavy atom. The molecule has 1 spiro atoms. The van der Waals surface area contributed by atoms with Crippen molar-refractivity contribution in [2.45, 2.75) is 24.5 Å². The predicted octanol–water partition coefficient (Wildman–Crippen LogP) is 1.90. The Bertz CT molecular complexity index is 673. The van der Waals surface area contributed by atoms with Crippen molar-refractivity contribution in [3.8, 4) is 0 Å². The summed E-state index contributed by atoms with van der Waals surface area (Å²) < 4.78 is 6.10. The van der Waals surface area contributed by atoms with Gasteiger partial charge in [0.15, 0.2) is 0 Å². The summed E-state index contributed by atoms with van der Waals surface area (Å²) in [6, 6.07) is 7.85. The lowest BCUT2D eigenvalue weighted by Crippen LogP contribution is -2.36. The molecule has 2 N–H and O–H groups in total. The third-order valence-corrected chi connectivity index (χ3v) is 4.67. The number of carbonyl (C=O) groups excluding carboxylic acids is 1. The number of aromatic amines is 1. The summed E-state index contributed by atoms with van der Waals surface area (Å²) in [7, 11) is 0. The van der Waals surface area contributed by atoms with E-state index >= 15 is 0 Å². The Morgan fingerprint density at radius 3 is 3.17 bits per heavy atom. The van der Waals surface area contributed by atoms with Gasteiger partial charge in [0.2, 0.25) is 0 Å². The molecule has 2 saturated heterocycles. The molecule has 0 radical (unpaired) electrons. The second kappa shape index (κ2) is 5.70. The van der Waals surface area contributed by atoms with Gasteiger partial charge in [0.05, 0.1) is 30.5 Å². The molecule has 4 heterocycles. The summed E-state index contributed by atoms with van der Waals surface area (Å²) in [5, 5.41) is 3.47. The van der Waals surface area contributed by atoms with E-state index in [4.69, 9.17) is 4.74 Å². The first-order valence-electron chi connectivity index (χ1n) is 7.97. The van der Waals surface area contributed by atoms with Crippen LogP contribution < -0.4 is 5.32 Å². The summed E-state index contributed by atoms with van der Waals surface area (Å²) in [6.07, 6.45) is 7.17. The summed E-state index contributed by atoms with van der Waals surface area (Å²) in [6.45, 7) is 2.08. The fourth-order valence-corrected chi connectivity index (χ4v) is 3.56. The largest absolute Gasteiger partial charge is 0.379 e. The minimum absolute atomic E-state index is 0.0548. The number of ether oxygens (including phenoxy) is 1. The standard InChI is InChI=1S/C17H20N4O2/c22-16(15-4-2-7-19-15)21-8-5-17(12-21)9-14(11-23-17)20-13-3-1-6-18-10-13/h1-4,6-7,10,14,19-20H,5,8-9,11-12H2/t14-,17+/m1/s1. The highest BCUT2D eigenvalue weighted by atomic mass is 16.5. The molecule has 0 unspecified atom stereocenters. The maximum atomic E-state index is 12.4. The lowest BCUT2D eigenvalue weighted by atomic mass is 9.97. The summed E-state index contributed by atoms with van der Waals surface area (Å²) in [5.41, 5.74) is 1.45. The lowest BCUT2D eigenvalue weighted by molar-refractivity contribution is 0.0124. The number of pyridine rings is 1. The van der Waals surface area contributed by atoms with Gasteiger partial charge in [-0.1, -0.05) is 0 Å². The van der Waals surface area contributed by atoms with Crippen LogP contribution in [-0.4, -0.2) is 52.1 Å². The number of likely N-dealkylation sites (tertiary alicyclic amines) is 1. The fraction of sp³-hybridized carbons (Fsp3) is 0.412. The first-order chi connectivity index (χ1) is 11.2. The molecule has 6 heteroatoms. The zero-order valence-electron chi connectivity index (χ0n) is 12.9. The van der Waals surface area contributed by atoms with Crippen LogP contribution in [0.3, 0.4) is 0 Å². The number of nitrogens with one attached hydrogen (secondary N) is 2. The van der Waals surface area contributed by atoms with Gasteiger partial charge in [-0.2, -0.15) is 0 Å². The fourth-order valence-electron chi connectivity index (χ4n) is 3.56. The molecule has 0 aliphatic carbocycles. The van der Waals surface area contributed by atoms with Crippen LogP contribution >= 0.6 is 0 Å². The topological polar surface area (TPSA) is 70.2 Å². The average Bonchev–Trinajstić information content (AvgIpc) is 3.31. The highest BCUT2D eigenvalue weighted by Crippen LogP contribution is 2.36. The molecule has 6 nitrogen and oxygen atoms in total. The molecule has 1 amide bonds. The van der Waals surface area contributed by atoms with E-state index in [1.165, 1.54) is 0 Å².